The molecule has 1 heterocycles. The number of primary amides is 1. The fourth-order valence-corrected chi connectivity index (χ4v) is 2.75. The molecular formula is C14H20N4OS. The molecule has 2 rings (SSSR count). The van der Waals surface area contributed by atoms with Crippen LogP contribution in [0, 0.1) is 0 Å². The lowest BCUT2D eigenvalue weighted by atomic mass is 10.3. The quantitative estimate of drug-likeness (QED) is 0.670. The summed E-state index contributed by atoms with van der Waals surface area (Å²) in [6, 6.07) is 9.80. The minimum absolute atomic E-state index is 0.262. The van der Waals surface area contributed by atoms with Gasteiger partial charge in [0, 0.05) is 26.2 Å². The van der Waals surface area contributed by atoms with Crippen molar-refractivity contribution in [1.29, 1.82) is 0 Å². The zero-order chi connectivity index (χ0) is 14.4. The van der Waals surface area contributed by atoms with E-state index in [1.165, 1.54) is 11.8 Å². The van der Waals surface area contributed by atoms with Crippen LogP contribution in [0.3, 0.4) is 0 Å². The molecule has 20 heavy (non-hydrogen) atoms. The lowest BCUT2D eigenvalue weighted by molar-refractivity contribution is -0.115. The third-order valence-corrected chi connectivity index (χ3v) is 4.13. The standard InChI is InChI=1S/C14H20N4OS/c1-17-7-9-18(10-8-17)14(20-11-13(15)19)16-12-5-3-2-4-6-12/h2-6H,7-11H2,1H3,(H2,15,19). The normalized spacial score (nSPS) is 17.2. The molecule has 1 amide bonds. The summed E-state index contributed by atoms with van der Waals surface area (Å²) in [4.78, 5) is 20.2. The molecule has 108 valence electrons. The lowest BCUT2D eigenvalue weighted by Gasteiger charge is -2.34. The minimum atomic E-state index is -0.315. The Labute approximate surface area is 123 Å². The average Bonchev–Trinajstić information content (AvgIpc) is 2.45. The second-order valence-corrected chi connectivity index (χ2v) is 5.72. The Kier molecular flexibility index (Phi) is 5.43. The molecule has 0 atom stereocenters. The maximum absolute atomic E-state index is 11.0. The van der Waals surface area contributed by atoms with Crippen molar-refractivity contribution in [2.45, 2.75) is 0 Å². The zero-order valence-corrected chi connectivity index (χ0v) is 12.5. The van der Waals surface area contributed by atoms with Crippen LogP contribution in [0.5, 0.6) is 0 Å². The van der Waals surface area contributed by atoms with E-state index in [4.69, 9.17) is 5.73 Å². The summed E-state index contributed by atoms with van der Waals surface area (Å²) in [6.07, 6.45) is 0. The molecule has 1 aromatic rings. The summed E-state index contributed by atoms with van der Waals surface area (Å²) in [5.41, 5.74) is 6.15. The van der Waals surface area contributed by atoms with Crippen molar-refractivity contribution in [3.8, 4) is 0 Å². The van der Waals surface area contributed by atoms with Crippen LogP contribution in [-0.2, 0) is 4.79 Å². The predicted molar refractivity (Wildman–Crippen MR) is 84.3 cm³/mol. The summed E-state index contributed by atoms with van der Waals surface area (Å²) >= 11 is 1.42. The Balaban J connectivity index is 2.11. The van der Waals surface area contributed by atoms with Crippen LogP contribution in [0.25, 0.3) is 0 Å². The lowest BCUT2D eigenvalue weighted by Crippen LogP contribution is -2.46. The van der Waals surface area contributed by atoms with E-state index in [1.807, 2.05) is 30.3 Å². The number of rotatable bonds is 3. The smallest absolute Gasteiger partial charge is 0.227 e. The molecule has 0 radical (unpaired) electrons. The molecular weight excluding hydrogens is 272 g/mol. The van der Waals surface area contributed by atoms with Crippen LogP contribution >= 0.6 is 11.8 Å². The molecule has 2 N–H and O–H groups in total. The number of nitrogens with zero attached hydrogens (tertiary/aromatic N) is 3. The number of thioether (sulfide) groups is 1. The second-order valence-electron chi connectivity index (χ2n) is 4.78. The Morgan fingerprint density at radius 1 is 1.25 bits per heavy atom. The first kappa shape index (κ1) is 14.9. The van der Waals surface area contributed by atoms with Crippen molar-refractivity contribution in [2.75, 3.05) is 39.0 Å². The van der Waals surface area contributed by atoms with E-state index in [9.17, 15) is 4.79 Å². The third-order valence-electron chi connectivity index (χ3n) is 3.10. The van der Waals surface area contributed by atoms with Gasteiger partial charge in [-0.3, -0.25) is 4.79 Å². The van der Waals surface area contributed by atoms with Gasteiger partial charge in [0.1, 0.15) is 0 Å². The number of amides is 1. The van der Waals surface area contributed by atoms with Gasteiger partial charge in [0.05, 0.1) is 11.4 Å². The molecule has 0 unspecified atom stereocenters. The summed E-state index contributed by atoms with van der Waals surface area (Å²) < 4.78 is 0. The summed E-state index contributed by atoms with van der Waals surface area (Å²) in [6.45, 7) is 3.86. The summed E-state index contributed by atoms with van der Waals surface area (Å²) in [5, 5.41) is 0.878. The van der Waals surface area contributed by atoms with Crippen molar-refractivity contribution in [1.82, 2.24) is 9.80 Å². The van der Waals surface area contributed by atoms with Crippen LogP contribution < -0.4 is 5.73 Å². The number of carbonyl (C=O) groups excluding carboxylic acids is 1. The number of amidine groups is 1. The van der Waals surface area contributed by atoms with Crippen LogP contribution in [0.2, 0.25) is 0 Å². The van der Waals surface area contributed by atoms with Gasteiger partial charge in [-0.05, 0) is 19.2 Å². The number of benzene rings is 1. The maximum Gasteiger partial charge on any atom is 0.227 e. The number of hydrogen-bond donors (Lipinski definition) is 1. The molecule has 1 aromatic carbocycles. The van der Waals surface area contributed by atoms with Gasteiger partial charge < -0.3 is 15.5 Å². The zero-order valence-electron chi connectivity index (χ0n) is 11.7. The van der Waals surface area contributed by atoms with Crippen molar-refractivity contribution in [3.63, 3.8) is 0 Å². The fraction of sp³-hybridized carbons (Fsp3) is 0.429. The first-order valence-corrected chi connectivity index (χ1v) is 7.62. The van der Waals surface area contributed by atoms with Gasteiger partial charge in [-0.2, -0.15) is 0 Å². The van der Waals surface area contributed by atoms with Gasteiger partial charge in [-0.1, -0.05) is 30.0 Å². The van der Waals surface area contributed by atoms with E-state index in [0.29, 0.717) is 0 Å². The predicted octanol–water partition coefficient (Wildman–Crippen LogP) is 1.14. The van der Waals surface area contributed by atoms with E-state index in [1.54, 1.807) is 0 Å². The van der Waals surface area contributed by atoms with E-state index >= 15 is 0 Å². The molecule has 0 aromatic heterocycles. The number of hydrogen-bond acceptors (Lipinski definition) is 4. The third kappa shape index (κ3) is 4.54. The first-order chi connectivity index (χ1) is 9.65. The Morgan fingerprint density at radius 3 is 2.50 bits per heavy atom. The highest BCUT2D eigenvalue weighted by Gasteiger charge is 2.18. The van der Waals surface area contributed by atoms with Crippen molar-refractivity contribution in [2.24, 2.45) is 10.7 Å². The number of likely N-dealkylation sites (N-methyl/N-ethyl adjacent to an activating group) is 1. The van der Waals surface area contributed by atoms with E-state index in [-0.39, 0.29) is 11.7 Å². The van der Waals surface area contributed by atoms with E-state index in [2.05, 4.69) is 21.8 Å². The molecule has 0 spiro atoms. The number of carbonyl (C=O) groups is 1. The summed E-state index contributed by atoms with van der Waals surface area (Å²) in [5.74, 6) is -0.0530. The van der Waals surface area contributed by atoms with Gasteiger partial charge in [-0.25, -0.2) is 4.99 Å². The number of nitrogens with two attached hydrogens (primary N) is 1. The van der Waals surface area contributed by atoms with Gasteiger partial charge in [-0.15, -0.1) is 0 Å². The summed E-state index contributed by atoms with van der Waals surface area (Å²) in [7, 11) is 2.11. The molecule has 6 heteroatoms. The van der Waals surface area contributed by atoms with Crippen molar-refractivity contribution in [3.05, 3.63) is 30.3 Å². The number of piperazine rings is 1. The molecule has 5 nitrogen and oxygen atoms in total. The van der Waals surface area contributed by atoms with Gasteiger partial charge in [0.15, 0.2) is 5.17 Å². The minimum Gasteiger partial charge on any atom is -0.369 e. The molecule has 1 aliphatic rings. The Hall–Kier alpha value is -1.53. The Morgan fingerprint density at radius 2 is 1.90 bits per heavy atom. The molecule has 0 aliphatic carbocycles. The van der Waals surface area contributed by atoms with Crippen LogP contribution in [0.4, 0.5) is 5.69 Å². The molecule has 0 bridgehead atoms. The topological polar surface area (TPSA) is 61.9 Å². The number of para-hydroxylation sites is 1. The molecule has 1 saturated heterocycles. The number of aliphatic imine (C=N–C) groups is 1. The van der Waals surface area contributed by atoms with E-state index < -0.39 is 0 Å². The highest BCUT2D eigenvalue weighted by Crippen LogP contribution is 2.18. The van der Waals surface area contributed by atoms with Crippen LogP contribution in [-0.4, -0.2) is 59.9 Å². The molecule has 1 fully saturated rings. The van der Waals surface area contributed by atoms with Crippen molar-refractivity contribution >= 4 is 28.5 Å². The van der Waals surface area contributed by atoms with Gasteiger partial charge >= 0.3 is 0 Å². The van der Waals surface area contributed by atoms with Gasteiger partial charge in [0.25, 0.3) is 0 Å². The fourth-order valence-electron chi connectivity index (χ4n) is 1.94. The monoisotopic (exact) mass is 292 g/mol. The van der Waals surface area contributed by atoms with Crippen LogP contribution in [0.15, 0.2) is 35.3 Å². The molecule has 0 saturated carbocycles. The largest absolute Gasteiger partial charge is 0.369 e. The van der Waals surface area contributed by atoms with E-state index in [0.717, 1.165) is 37.0 Å². The SMILES string of the molecule is CN1CCN(C(=Nc2ccccc2)SCC(N)=O)CC1. The second kappa shape index (κ2) is 7.31. The first-order valence-electron chi connectivity index (χ1n) is 6.63. The van der Waals surface area contributed by atoms with Gasteiger partial charge in [0.2, 0.25) is 5.91 Å². The maximum atomic E-state index is 11.0. The van der Waals surface area contributed by atoms with Crippen LogP contribution in [0.1, 0.15) is 0 Å². The molecule has 1 aliphatic heterocycles. The highest BCUT2D eigenvalue weighted by atomic mass is 32.2. The van der Waals surface area contributed by atoms with Crippen molar-refractivity contribution < 1.29 is 4.79 Å². The average molecular weight is 292 g/mol. The highest BCUT2D eigenvalue weighted by molar-refractivity contribution is 8.14. The Bertz CT molecular complexity index is 469.